The Morgan fingerprint density at radius 3 is 2.53 bits per heavy atom. The van der Waals surface area contributed by atoms with E-state index >= 15 is 0 Å². The van der Waals surface area contributed by atoms with Crippen LogP contribution in [0, 0.1) is 6.92 Å². The van der Waals surface area contributed by atoms with Crippen molar-refractivity contribution in [2.24, 2.45) is 0 Å². The van der Waals surface area contributed by atoms with Gasteiger partial charge in [0.05, 0.1) is 32.9 Å². The number of fused-ring (bicyclic) bond motifs is 1. The van der Waals surface area contributed by atoms with Crippen LogP contribution in [-0.2, 0) is 23.1 Å². The molecule has 10 heteroatoms. The molecule has 0 spiro atoms. The Kier molecular flexibility index (Phi) is 6.55. The topological polar surface area (TPSA) is 63.1 Å². The van der Waals surface area contributed by atoms with E-state index in [-0.39, 0.29) is 6.42 Å². The highest BCUT2D eigenvalue weighted by atomic mass is 32.2. The van der Waals surface area contributed by atoms with Crippen molar-refractivity contribution in [2.45, 2.75) is 36.6 Å². The number of rotatable bonds is 7. The number of carbonyl (C=O) groups is 1. The van der Waals surface area contributed by atoms with Crippen LogP contribution in [0.5, 0.6) is 0 Å². The third-order valence-corrected chi connectivity index (χ3v) is 8.23. The van der Waals surface area contributed by atoms with E-state index in [9.17, 15) is 18.0 Å². The number of para-hydroxylation sites is 1. The summed E-state index contributed by atoms with van der Waals surface area (Å²) in [4.78, 5) is 22.1. The number of thiazole rings is 2. The van der Waals surface area contributed by atoms with Crippen molar-refractivity contribution in [1.29, 1.82) is 0 Å². The van der Waals surface area contributed by atoms with Gasteiger partial charge in [0.1, 0.15) is 5.01 Å². The minimum absolute atomic E-state index is 0.0507. The first kappa shape index (κ1) is 22.8. The summed E-state index contributed by atoms with van der Waals surface area (Å²) in [5.41, 5.74) is 1.70. The molecule has 4 nitrogen and oxygen atoms in total. The van der Waals surface area contributed by atoms with Crippen LogP contribution >= 0.6 is 34.4 Å². The molecule has 1 N–H and O–H groups in total. The minimum atomic E-state index is -4.36. The fourth-order valence-corrected chi connectivity index (χ4v) is 6.33. The Morgan fingerprint density at radius 2 is 1.84 bits per heavy atom. The van der Waals surface area contributed by atoms with Crippen LogP contribution in [0.4, 0.5) is 13.2 Å². The van der Waals surface area contributed by atoms with Gasteiger partial charge in [-0.15, -0.1) is 34.4 Å². The molecule has 166 valence electrons. The standard InChI is InChI=1S/C22H17F3N2O2S3/c1-12-17(32-21(26-12)13-5-7-14(8-6-13)22(23,24)25)11-30-15-3-2-4-16-20(15)27-18(31-16)9-10-19(28)29/h2-8H,9-11H2,1H3,(H,28,29). The van der Waals surface area contributed by atoms with Gasteiger partial charge in [-0.1, -0.05) is 18.2 Å². The van der Waals surface area contributed by atoms with Gasteiger partial charge >= 0.3 is 12.1 Å². The summed E-state index contributed by atoms with van der Waals surface area (Å²) in [5, 5.41) is 10.4. The zero-order valence-electron chi connectivity index (χ0n) is 16.8. The predicted molar refractivity (Wildman–Crippen MR) is 122 cm³/mol. The number of carboxylic acid groups (broad SMARTS) is 1. The van der Waals surface area contributed by atoms with Crippen LogP contribution in [0.1, 0.15) is 27.6 Å². The van der Waals surface area contributed by atoms with E-state index in [2.05, 4.69) is 9.97 Å². The number of aryl methyl sites for hydroxylation is 2. The number of thioether (sulfide) groups is 1. The van der Waals surface area contributed by atoms with Crippen LogP contribution in [0.25, 0.3) is 20.8 Å². The molecule has 0 aliphatic heterocycles. The number of halogens is 3. The first-order valence-corrected chi connectivity index (χ1v) is 12.2. The molecule has 0 aliphatic carbocycles. The van der Waals surface area contributed by atoms with Crippen molar-refractivity contribution in [3.05, 3.63) is 63.6 Å². The first-order chi connectivity index (χ1) is 15.2. The summed E-state index contributed by atoms with van der Waals surface area (Å²) < 4.78 is 39.4. The molecule has 0 unspecified atom stereocenters. The summed E-state index contributed by atoms with van der Waals surface area (Å²) in [5.74, 6) is -0.186. The van der Waals surface area contributed by atoms with Crippen molar-refractivity contribution in [2.75, 3.05) is 0 Å². The number of carboxylic acids is 1. The highest BCUT2D eigenvalue weighted by Gasteiger charge is 2.30. The molecule has 2 aromatic carbocycles. The van der Waals surface area contributed by atoms with Crippen LogP contribution in [0.15, 0.2) is 47.4 Å². The summed E-state index contributed by atoms with van der Waals surface area (Å²) in [6, 6.07) is 11.0. The van der Waals surface area contributed by atoms with Crippen molar-refractivity contribution < 1.29 is 23.1 Å². The van der Waals surface area contributed by atoms with Gasteiger partial charge in [0, 0.05) is 27.5 Å². The second-order valence-electron chi connectivity index (χ2n) is 7.00. The highest BCUT2D eigenvalue weighted by molar-refractivity contribution is 7.98. The van der Waals surface area contributed by atoms with Crippen LogP contribution < -0.4 is 0 Å². The lowest BCUT2D eigenvalue weighted by Gasteiger charge is -2.06. The Balaban J connectivity index is 1.50. The number of hydrogen-bond acceptors (Lipinski definition) is 6. The van der Waals surface area contributed by atoms with E-state index in [1.807, 2.05) is 25.1 Å². The Labute approximate surface area is 194 Å². The maximum atomic E-state index is 12.8. The predicted octanol–water partition coefficient (Wildman–Crippen LogP) is 7.06. The summed E-state index contributed by atoms with van der Waals surface area (Å²) in [7, 11) is 0. The van der Waals surface area contributed by atoms with E-state index in [1.165, 1.54) is 34.8 Å². The van der Waals surface area contributed by atoms with Gasteiger partial charge in [-0.2, -0.15) is 13.2 Å². The smallest absolute Gasteiger partial charge is 0.416 e. The zero-order chi connectivity index (χ0) is 22.9. The van der Waals surface area contributed by atoms with E-state index in [0.29, 0.717) is 22.7 Å². The molecule has 0 saturated carbocycles. The second-order valence-corrected chi connectivity index (χ2v) is 10.2. The van der Waals surface area contributed by atoms with E-state index in [0.717, 1.165) is 42.8 Å². The second kappa shape index (κ2) is 9.21. The minimum Gasteiger partial charge on any atom is -0.481 e. The number of hydrogen-bond donors (Lipinski definition) is 1. The van der Waals surface area contributed by atoms with Gasteiger partial charge in [0.15, 0.2) is 0 Å². The maximum absolute atomic E-state index is 12.8. The molecule has 0 radical (unpaired) electrons. The molecule has 4 aromatic rings. The molecule has 2 aromatic heterocycles. The van der Waals surface area contributed by atoms with Crippen LogP contribution in [0.2, 0.25) is 0 Å². The Hall–Kier alpha value is -2.43. The van der Waals surface area contributed by atoms with Gasteiger partial charge in [0.2, 0.25) is 0 Å². The summed E-state index contributed by atoms with van der Waals surface area (Å²) in [6.07, 6.45) is -3.90. The number of alkyl halides is 3. The lowest BCUT2D eigenvalue weighted by atomic mass is 10.1. The molecule has 0 atom stereocenters. The quantitative estimate of drug-likeness (QED) is 0.279. The van der Waals surface area contributed by atoms with E-state index in [1.54, 1.807) is 11.8 Å². The summed E-state index contributed by atoms with van der Waals surface area (Å²) in [6.45, 7) is 1.90. The summed E-state index contributed by atoms with van der Waals surface area (Å²) >= 11 is 4.59. The lowest BCUT2D eigenvalue weighted by molar-refractivity contribution is -0.138. The molecular formula is C22H17F3N2O2S3. The van der Waals surface area contributed by atoms with Gasteiger partial charge < -0.3 is 5.11 Å². The van der Waals surface area contributed by atoms with Crippen molar-refractivity contribution in [1.82, 2.24) is 9.97 Å². The molecule has 2 heterocycles. The van der Waals surface area contributed by atoms with E-state index < -0.39 is 17.7 Å². The normalized spacial score (nSPS) is 11.9. The Bertz CT molecular complexity index is 1260. The fraction of sp³-hybridized carbons (Fsp3) is 0.227. The number of benzene rings is 2. The van der Waals surface area contributed by atoms with Gasteiger partial charge in [0.25, 0.3) is 0 Å². The molecular weight excluding hydrogens is 477 g/mol. The monoisotopic (exact) mass is 494 g/mol. The number of aliphatic carboxylic acids is 1. The van der Waals surface area contributed by atoms with Gasteiger partial charge in [-0.25, -0.2) is 9.97 Å². The number of aromatic nitrogens is 2. The van der Waals surface area contributed by atoms with Crippen molar-refractivity contribution in [3.63, 3.8) is 0 Å². The molecule has 0 fully saturated rings. The third kappa shape index (κ3) is 5.13. The molecule has 0 amide bonds. The molecule has 4 rings (SSSR count). The Morgan fingerprint density at radius 1 is 1.09 bits per heavy atom. The third-order valence-electron chi connectivity index (χ3n) is 4.69. The average molecular weight is 495 g/mol. The SMILES string of the molecule is Cc1nc(-c2ccc(C(F)(F)F)cc2)sc1CSc1cccc2sc(CCC(=O)O)nc12. The molecule has 32 heavy (non-hydrogen) atoms. The van der Waals surface area contributed by atoms with Crippen LogP contribution in [0.3, 0.4) is 0 Å². The van der Waals surface area contributed by atoms with Gasteiger partial charge in [-0.3, -0.25) is 4.79 Å². The average Bonchev–Trinajstić information content (AvgIpc) is 3.33. The largest absolute Gasteiger partial charge is 0.481 e. The molecule has 0 aliphatic rings. The highest BCUT2D eigenvalue weighted by Crippen LogP contribution is 2.37. The van der Waals surface area contributed by atoms with E-state index in [4.69, 9.17) is 5.11 Å². The lowest BCUT2D eigenvalue weighted by Crippen LogP contribution is -2.03. The first-order valence-electron chi connectivity index (χ1n) is 9.57. The maximum Gasteiger partial charge on any atom is 0.416 e. The number of nitrogens with zero attached hydrogens (tertiary/aromatic N) is 2. The van der Waals surface area contributed by atoms with Crippen molar-refractivity contribution in [3.8, 4) is 10.6 Å². The molecule has 0 bridgehead atoms. The molecule has 0 saturated heterocycles. The van der Waals surface area contributed by atoms with Crippen molar-refractivity contribution >= 4 is 50.6 Å². The van der Waals surface area contributed by atoms with Crippen LogP contribution in [-0.4, -0.2) is 21.0 Å². The fourth-order valence-electron chi connectivity index (χ4n) is 3.04. The van der Waals surface area contributed by atoms with Gasteiger partial charge in [-0.05, 0) is 31.2 Å². The zero-order valence-corrected chi connectivity index (χ0v) is 19.2.